The predicted molar refractivity (Wildman–Crippen MR) is 126 cm³/mol. The fourth-order valence-corrected chi connectivity index (χ4v) is 4.32. The molecule has 3 N–H and O–H groups in total. The maximum atomic E-state index is 13.6. The summed E-state index contributed by atoms with van der Waals surface area (Å²) >= 11 is 0. The van der Waals surface area contributed by atoms with Crippen molar-refractivity contribution in [2.24, 2.45) is 5.92 Å². The third-order valence-corrected chi connectivity index (χ3v) is 6.25. The summed E-state index contributed by atoms with van der Waals surface area (Å²) < 4.78 is 13.6. The molecule has 1 heterocycles. The van der Waals surface area contributed by atoms with Gasteiger partial charge in [-0.3, -0.25) is 9.78 Å². The zero-order valence-corrected chi connectivity index (χ0v) is 18.5. The molecule has 33 heavy (non-hydrogen) atoms. The van der Waals surface area contributed by atoms with Crippen molar-refractivity contribution in [3.8, 4) is 11.1 Å². The highest BCUT2D eigenvalue weighted by atomic mass is 19.1. The van der Waals surface area contributed by atoms with Gasteiger partial charge in [-0.2, -0.15) is 0 Å². The van der Waals surface area contributed by atoms with Gasteiger partial charge in [0.1, 0.15) is 5.82 Å². The van der Waals surface area contributed by atoms with Crippen molar-refractivity contribution >= 4 is 22.9 Å². The minimum atomic E-state index is -1.15. The van der Waals surface area contributed by atoms with E-state index >= 15 is 0 Å². The van der Waals surface area contributed by atoms with Gasteiger partial charge in [0.25, 0.3) is 0 Å². The molecule has 2 aromatic carbocycles. The molecule has 0 radical (unpaired) electrons. The Balaban J connectivity index is 1.76. The van der Waals surface area contributed by atoms with E-state index in [1.165, 1.54) is 12.1 Å². The summed E-state index contributed by atoms with van der Waals surface area (Å²) in [4.78, 5) is 16.2. The Morgan fingerprint density at radius 1 is 1.15 bits per heavy atom. The van der Waals surface area contributed by atoms with Crippen LogP contribution in [-0.2, 0) is 4.79 Å². The van der Waals surface area contributed by atoms with Crippen LogP contribution in [-0.4, -0.2) is 38.5 Å². The molecule has 1 saturated carbocycles. The quantitative estimate of drug-likeness (QED) is 0.420. The lowest BCUT2D eigenvalue weighted by molar-refractivity contribution is -0.146. The maximum Gasteiger partial charge on any atom is 0.309 e. The molecule has 172 valence electrons. The highest BCUT2D eigenvalue weighted by molar-refractivity contribution is 5.99. The lowest BCUT2D eigenvalue weighted by Gasteiger charge is -2.19. The van der Waals surface area contributed by atoms with Gasteiger partial charge in [-0.15, -0.1) is 0 Å². The molecular weight excluding hydrogens is 421 g/mol. The van der Waals surface area contributed by atoms with Gasteiger partial charge in [0.15, 0.2) is 0 Å². The third-order valence-electron chi connectivity index (χ3n) is 6.25. The largest absolute Gasteiger partial charge is 0.481 e. The number of nitrogens with zero attached hydrogens (tertiary/aromatic N) is 1. The molecule has 0 bridgehead atoms. The SMILES string of the molecule is CCC(C(=O)O)C(O)CC(O)C=Cc1c(C2CC2)nc2ccccc2c1-c1ccc(F)cc1. The fraction of sp³-hybridized carbons (Fsp3) is 0.333. The smallest absolute Gasteiger partial charge is 0.309 e. The molecule has 4 rings (SSSR count). The minimum Gasteiger partial charge on any atom is -0.481 e. The number of carboxylic acid groups (broad SMARTS) is 1. The van der Waals surface area contributed by atoms with Gasteiger partial charge in [0.05, 0.1) is 29.3 Å². The molecule has 0 spiro atoms. The Labute approximate surface area is 192 Å². The molecule has 5 nitrogen and oxygen atoms in total. The zero-order valence-electron chi connectivity index (χ0n) is 18.5. The Hall–Kier alpha value is -3.09. The lowest BCUT2D eigenvalue weighted by atomic mass is 9.91. The molecule has 1 aliphatic carbocycles. The second-order valence-corrected chi connectivity index (χ2v) is 8.67. The summed E-state index contributed by atoms with van der Waals surface area (Å²) in [6.45, 7) is 1.70. The van der Waals surface area contributed by atoms with Crippen LogP contribution < -0.4 is 0 Å². The molecule has 1 aliphatic rings. The van der Waals surface area contributed by atoms with Gasteiger partial charge >= 0.3 is 5.97 Å². The van der Waals surface area contributed by atoms with Gasteiger partial charge in [0.2, 0.25) is 0 Å². The summed E-state index contributed by atoms with van der Waals surface area (Å²) in [6.07, 6.45) is 3.50. The Morgan fingerprint density at radius 3 is 2.48 bits per heavy atom. The fourth-order valence-electron chi connectivity index (χ4n) is 4.32. The Morgan fingerprint density at radius 2 is 1.85 bits per heavy atom. The van der Waals surface area contributed by atoms with E-state index in [1.807, 2.05) is 30.3 Å². The molecule has 1 fully saturated rings. The number of aliphatic carboxylic acids is 1. The predicted octanol–water partition coefficient (Wildman–Crippen LogP) is 5.15. The number of halogens is 1. The molecule has 3 unspecified atom stereocenters. The number of pyridine rings is 1. The first-order chi connectivity index (χ1) is 15.9. The zero-order chi connectivity index (χ0) is 23.5. The number of carbonyl (C=O) groups is 1. The number of fused-ring (bicyclic) bond motifs is 1. The van der Waals surface area contributed by atoms with Crippen LogP contribution in [0.4, 0.5) is 4.39 Å². The standard InChI is InChI=1S/C27H28FNO4/c1-2-20(27(32)33)24(31)15-19(30)13-14-22-25(16-9-11-18(28)12-10-16)21-5-3-4-6-23(21)29-26(22)17-7-8-17/h3-6,9-14,17,19-20,24,30-31H,2,7-8,15H2,1H3,(H,32,33). The van der Waals surface area contributed by atoms with Crippen LogP contribution in [0.2, 0.25) is 0 Å². The summed E-state index contributed by atoms with van der Waals surface area (Å²) in [5.74, 6) is -1.99. The van der Waals surface area contributed by atoms with Crippen molar-refractivity contribution in [1.82, 2.24) is 4.98 Å². The number of aliphatic hydroxyl groups is 2. The molecule has 0 aliphatic heterocycles. The van der Waals surface area contributed by atoms with E-state index in [0.29, 0.717) is 5.92 Å². The summed E-state index contributed by atoms with van der Waals surface area (Å²) in [6, 6.07) is 14.1. The first-order valence-corrected chi connectivity index (χ1v) is 11.3. The van der Waals surface area contributed by atoms with Crippen LogP contribution in [0.1, 0.15) is 49.8 Å². The summed E-state index contributed by atoms with van der Waals surface area (Å²) in [5.41, 5.74) is 4.43. The van der Waals surface area contributed by atoms with Crippen molar-refractivity contribution in [2.75, 3.05) is 0 Å². The van der Waals surface area contributed by atoms with E-state index in [4.69, 9.17) is 4.98 Å². The monoisotopic (exact) mass is 449 g/mol. The minimum absolute atomic E-state index is 0.0764. The van der Waals surface area contributed by atoms with E-state index in [0.717, 1.165) is 46.1 Å². The highest BCUT2D eigenvalue weighted by Gasteiger charge is 2.30. The van der Waals surface area contributed by atoms with Gasteiger partial charge in [0, 0.05) is 28.9 Å². The van der Waals surface area contributed by atoms with Crippen LogP contribution in [0.5, 0.6) is 0 Å². The molecular formula is C27H28FNO4. The molecule has 0 saturated heterocycles. The first-order valence-electron chi connectivity index (χ1n) is 11.3. The second kappa shape index (κ2) is 9.81. The van der Waals surface area contributed by atoms with E-state index < -0.39 is 24.1 Å². The van der Waals surface area contributed by atoms with Gasteiger partial charge in [-0.05, 0) is 43.0 Å². The van der Waals surface area contributed by atoms with Crippen molar-refractivity contribution in [1.29, 1.82) is 0 Å². The van der Waals surface area contributed by atoms with Gasteiger partial charge in [-0.1, -0.05) is 49.4 Å². The third kappa shape index (κ3) is 5.13. The first kappa shape index (κ1) is 23.1. The number of para-hydroxylation sites is 1. The van der Waals surface area contributed by atoms with E-state index in [2.05, 4.69) is 0 Å². The van der Waals surface area contributed by atoms with Crippen molar-refractivity contribution in [3.63, 3.8) is 0 Å². The molecule has 6 heteroatoms. The number of aromatic nitrogens is 1. The van der Waals surface area contributed by atoms with Crippen LogP contribution in [0.3, 0.4) is 0 Å². The molecule has 1 aromatic heterocycles. The number of rotatable bonds is 9. The van der Waals surface area contributed by atoms with E-state index in [1.54, 1.807) is 25.1 Å². The van der Waals surface area contributed by atoms with Crippen molar-refractivity contribution in [3.05, 3.63) is 71.7 Å². The Bertz CT molecular complexity index is 1170. The van der Waals surface area contributed by atoms with Gasteiger partial charge in [-0.25, -0.2) is 4.39 Å². The maximum absolute atomic E-state index is 13.6. The summed E-state index contributed by atoms with van der Waals surface area (Å²) in [5, 5.41) is 31.0. The number of hydrogen-bond donors (Lipinski definition) is 3. The average Bonchev–Trinajstić information content (AvgIpc) is 3.63. The Kier molecular flexibility index (Phi) is 6.86. The molecule has 0 amide bonds. The number of hydrogen-bond acceptors (Lipinski definition) is 4. The average molecular weight is 450 g/mol. The number of carboxylic acids is 1. The van der Waals surface area contributed by atoms with Crippen molar-refractivity contribution < 1.29 is 24.5 Å². The summed E-state index contributed by atoms with van der Waals surface area (Å²) in [7, 11) is 0. The molecule has 3 atom stereocenters. The van der Waals surface area contributed by atoms with E-state index in [9.17, 15) is 24.5 Å². The number of aliphatic hydroxyl groups excluding tert-OH is 2. The highest BCUT2D eigenvalue weighted by Crippen LogP contribution is 2.45. The topological polar surface area (TPSA) is 90.7 Å². The van der Waals surface area contributed by atoms with Gasteiger partial charge < -0.3 is 15.3 Å². The van der Waals surface area contributed by atoms with Crippen LogP contribution in [0.15, 0.2) is 54.6 Å². The van der Waals surface area contributed by atoms with Crippen LogP contribution >= 0.6 is 0 Å². The normalized spacial score (nSPS) is 16.7. The van der Waals surface area contributed by atoms with Crippen LogP contribution in [0, 0.1) is 11.7 Å². The van der Waals surface area contributed by atoms with Crippen molar-refractivity contribution in [2.45, 2.75) is 50.7 Å². The van der Waals surface area contributed by atoms with E-state index in [-0.39, 0.29) is 18.7 Å². The lowest BCUT2D eigenvalue weighted by Crippen LogP contribution is -2.30. The molecule has 3 aromatic rings. The van der Waals surface area contributed by atoms with Crippen LogP contribution in [0.25, 0.3) is 28.1 Å². The second-order valence-electron chi connectivity index (χ2n) is 8.67. The number of benzene rings is 2.